The highest BCUT2D eigenvalue weighted by molar-refractivity contribution is 7.98. The van der Waals surface area contributed by atoms with Crippen LogP contribution in [0.25, 0.3) is 10.9 Å². The molecule has 1 unspecified atom stereocenters. The van der Waals surface area contributed by atoms with Crippen LogP contribution in [0.15, 0.2) is 36.5 Å². The maximum Gasteiger partial charge on any atom is 0.327 e. The first kappa shape index (κ1) is 15.3. The van der Waals surface area contributed by atoms with Crippen LogP contribution in [0, 0.1) is 0 Å². The van der Waals surface area contributed by atoms with Gasteiger partial charge in [0, 0.05) is 30.0 Å². The fourth-order valence-electron chi connectivity index (χ4n) is 1.99. The summed E-state index contributed by atoms with van der Waals surface area (Å²) in [6, 6.07) is 8.95. The minimum Gasteiger partial charge on any atom is -0.480 e. The first-order valence-electron chi connectivity index (χ1n) is 6.48. The van der Waals surface area contributed by atoms with E-state index in [1.165, 1.54) is 18.7 Å². The second-order valence-electron chi connectivity index (χ2n) is 4.60. The van der Waals surface area contributed by atoms with Gasteiger partial charge in [0.15, 0.2) is 0 Å². The van der Waals surface area contributed by atoms with Gasteiger partial charge in [-0.1, -0.05) is 24.3 Å². The van der Waals surface area contributed by atoms with E-state index in [4.69, 9.17) is 5.11 Å². The molecule has 1 atom stereocenters. The van der Waals surface area contributed by atoms with Gasteiger partial charge < -0.3 is 10.4 Å². The van der Waals surface area contributed by atoms with Crippen molar-refractivity contribution in [3.8, 4) is 0 Å². The molecule has 1 heterocycles. The van der Waals surface area contributed by atoms with Crippen LogP contribution in [-0.2, 0) is 15.3 Å². The van der Waals surface area contributed by atoms with Crippen LogP contribution in [0.4, 0.5) is 0 Å². The number of nitrogens with one attached hydrogen (secondary N) is 1. The van der Waals surface area contributed by atoms with E-state index in [9.17, 15) is 9.59 Å². The maximum atomic E-state index is 11.0. The number of hydrogen-bond acceptors (Lipinski definition) is 4. The van der Waals surface area contributed by atoms with Gasteiger partial charge in [-0.3, -0.25) is 9.78 Å². The Hall–Kier alpha value is -2.08. The zero-order valence-electron chi connectivity index (χ0n) is 11.6. The quantitative estimate of drug-likeness (QED) is 0.854. The molecule has 1 aromatic heterocycles. The Labute approximate surface area is 126 Å². The number of fused-ring (bicyclic) bond motifs is 1. The number of thioether (sulfide) groups is 1. The second-order valence-corrected chi connectivity index (χ2v) is 5.63. The number of aliphatic carboxylic acids is 1. The Morgan fingerprint density at radius 3 is 2.81 bits per heavy atom. The average Bonchev–Trinajstić information content (AvgIpc) is 2.46. The van der Waals surface area contributed by atoms with E-state index in [0.29, 0.717) is 11.5 Å². The third-order valence-corrected chi connectivity index (χ3v) is 4.02. The first-order chi connectivity index (χ1) is 10.1. The van der Waals surface area contributed by atoms with Crippen molar-refractivity contribution in [3.05, 3.63) is 42.1 Å². The topological polar surface area (TPSA) is 79.3 Å². The van der Waals surface area contributed by atoms with Gasteiger partial charge in [0.2, 0.25) is 5.91 Å². The van der Waals surface area contributed by atoms with Crippen LogP contribution >= 0.6 is 11.8 Å². The van der Waals surface area contributed by atoms with Gasteiger partial charge in [-0.05, 0) is 11.6 Å². The van der Waals surface area contributed by atoms with Crippen molar-refractivity contribution in [3.63, 3.8) is 0 Å². The summed E-state index contributed by atoms with van der Waals surface area (Å²) in [4.78, 5) is 26.4. The second kappa shape index (κ2) is 7.08. The molecular weight excluding hydrogens is 288 g/mol. The lowest BCUT2D eigenvalue weighted by molar-refractivity contribution is -0.140. The number of amides is 1. The zero-order valence-corrected chi connectivity index (χ0v) is 12.4. The van der Waals surface area contributed by atoms with E-state index in [1.54, 1.807) is 6.20 Å². The summed E-state index contributed by atoms with van der Waals surface area (Å²) < 4.78 is 0. The number of carbonyl (C=O) groups is 2. The molecule has 0 aliphatic heterocycles. The molecule has 0 aliphatic rings. The monoisotopic (exact) mass is 304 g/mol. The summed E-state index contributed by atoms with van der Waals surface area (Å²) in [5, 5.41) is 12.5. The van der Waals surface area contributed by atoms with Crippen molar-refractivity contribution in [1.29, 1.82) is 0 Å². The van der Waals surface area contributed by atoms with Gasteiger partial charge in [0.1, 0.15) is 6.04 Å². The molecule has 0 spiro atoms. The molecule has 21 heavy (non-hydrogen) atoms. The Kier molecular flexibility index (Phi) is 5.16. The molecule has 2 N–H and O–H groups in total. The number of carbonyl (C=O) groups excluding carboxylic acids is 1. The molecule has 0 saturated carbocycles. The molecule has 5 nitrogen and oxygen atoms in total. The molecule has 2 rings (SSSR count). The van der Waals surface area contributed by atoms with Crippen molar-refractivity contribution in [2.45, 2.75) is 18.7 Å². The molecule has 2 aromatic rings. The molecule has 0 fully saturated rings. The molecule has 0 aliphatic carbocycles. The maximum absolute atomic E-state index is 11.0. The van der Waals surface area contributed by atoms with Crippen molar-refractivity contribution < 1.29 is 14.7 Å². The minimum atomic E-state index is -1.02. The standard InChI is InChI=1S/C15H16N2O3S/c1-10(18)17-13(15(19)20)9-21-8-12-5-2-4-11-6-3-7-16-14(11)12/h2-7,13H,8-9H2,1H3,(H,17,18)(H,19,20). The number of pyridine rings is 1. The predicted octanol–water partition coefficient (Wildman–Crippen LogP) is 2.06. The third kappa shape index (κ3) is 4.19. The number of aromatic nitrogens is 1. The largest absolute Gasteiger partial charge is 0.480 e. The molecule has 0 saturated heterocycles. The van der Waals surface area contributed by atoms with Gasteiger partial charge >= 0.3 is 5.97 Å². The molecule has 0 bridgehead atoms. The summed E-state index contributed by atoms with van der Waals surface area (Å²) >= 11 is 1.46. The molecule has 6 heteroatoms. The molecule has 1 aromatic carbocycles. The van der Waals surface area contributed by atoms with Crippen LogP contribution in [-0.4, -0.2) is 33.8 Å². The highest BCUT2D eigenvalue weighted by Crippen LogP contribution is 2.21. The highest BCUT2D eigenvalue weighted by Gasteiger charge is 2.18. The number of nitrogens with zero attached hydrogens (tertiary/aromatic N) is 1. The highest BCUT2D eigenvalue weighted by atomic mass is 32.2. The average molecular weight is 304 g/mol. The number of rotatable bonds is 6. The van der Waals surface area contributed by atoms with Gasteiger partial charge in [-0.2, -0.15) is 11.8 Å². The summed E-state index contributed by atoms with van der Waals surface area (Å²) in [7, 11) is 0. The van der Waals surface area contributed by atoms with E-state index in [-0.39, 0.29) is 5.91 Å². The van der Waals surface area contributed by atoms with Gasteiger partial charge in [-0.25, -0.2) is 4.79 Å². The van der Waals surface area contributed by atoms with Crippen LogP contribution in [0.2, 0.25) is 0 Å². The Morgan fingerprint density at radius 2 is 2.10 bits per heavy atom. The Bertz CT molecular complexity index is 655. The molecule has 110 valence electrons. The lowest BCUT2D eigenvalue weighted by Gasteiger charge is -2.13. The Balaban J connectivity index is 2.01. The van der Waals surface area contributed by atoms with Crippen molar-refractivity contribution in [2.24, 2.45) is 0 Å². The SMILES string of the molecule is CC(=O)NC(CSCc1cccc2cccnc12)C(=O)O. The normalized spacial score (nSPS) is 12.0. The number of hydrogen-bond donors (Lipinski definition) is 2. The summed E-state index contributed by atoms with van der Waals surface area (Å²) in [6.45, 7) is 1.31. The fourth-order valence-corrected chi connectivity index (χ4v) is 3.02. The third-order valence-electron chi connectivity index (χ3n) is 2.93. The lowest BCUT2D eigenvalue weighted by Crippen LogP contribution is -2.41. The lowest BCUT2D eigenvalue weighted by atomic mass is 10.1. The fraction of sp³-hybridized carbons (Fsp3) is 0.267. The van der Waals surface area contributed by atoms with Gasteiger partial charge in [-0.15, -0.1) is 0 Å². The first-order valence-corrected chi connectivity index (χ1v) is 7.63. The molecule has 1 amide bonds. The van der Waals surface area contributed by atoms with Crippen LogP contribution in [0.3, 0.4) is 0 Å². The van der Waals surface area contributed by atoms with E-state index in [1.807, 2.05) is 30.3 Å². The van der Waals surface area contributed by atoms with Gasteiger partial charge in [0.05, 0.1) is 5.52 Å². The van der Waals surface area contributed by atoms with E-state index in [0.717, 1.165) is 16.5 Å². The van der Waals surface area contributed by atoms with E-state index >= 15 is 0 Å². The smallest absolute Gasteiger partial charge is 0.327 e. The predicted molar refractivity (Wildman–Crippen MR) is 83.1 cm³/mol. The van der Waals surface area contributed by atoms with E-state index < -0.39 is 12.0 Å². The zero-order chi connectivity index (χ0) is 15.2. The summed E-state index contributed by atoms with van der Waals surface area (Å²) in [5.41, 5.74) is 1.99. The minimum absolute atomic E-state index is 0.318. The van der Waals surface area contributed by atoms with Crippen LogP contribution in [0.5, 0.6) is 0 Å². The number of para-hydroxylation sites is 1. The Morgan fingerprint density at radius 1 is 1.33 bits per heavy atom. The van der Waals surface area contributed by atoms with Crippen LogP contribution in [0.1, 0.15) is 12.5 Å². The number of carboxylic acid groups (broad SMARTS) is 1. The van der Waals surface area contributed by atoms with Crippen molar-refractivity contribution in [2.75, 3.05) is 5.75 Å². The van der Waals surface area contributed by atoms with Crippen molar-refractivity contribution in [1.82, 2.24) is 10.3 Å². The molecule has 0 radical (unpaired) electrons. The summed E-state index contributed by atoms with van der Waals surface area (Å²) in [5.74, 6) is -0.390. The number of carboxylic acids is 1. The van der Waals surface area contributed by atoms with Crippen molar-refractivity contribution >= 4 is 34.5 Å². The molecular formula is C15H16N2O3S. The van der Waals surface area contributed by atoms with Crippen LogP contribution < -0.4 is 5.32 Å². The number of benzene rings is 1. The summed E-state index contributed by atoms with van der Waals surface area (Å²) in [6.07, 6.45) is 1.74. The van der Waals surface area contributed by atoms with Gasteiger partial charge in [0.25, 0.3) is 0 Å². The van der Waals surface area contributed by atoms with E-state index in [2.05, 4.69) is 10.3 Å².